The Hall–Kier alpha value is -3.12. The molecule has 1 amide bonds. The van der Waals surface area contributed by atoms with Gasteiger partial charge in [-0.1, -0.05) is 42.5 Å². The average Bonchev–Trinajstić information content (AvgIpc) is 3.22. The maximum Gasteiger partial charge on any atom is 0.262 e. The van der Waals surface area contributed by atoms with E-state index in [1.807, 2.05) is 53.3 Å². The zero-order valence-electron chi connectivity index (χ0n) is 15.6. The summed E-state index contributed by atoms with van der Waals surface area (Å²) in [5, 5.41) is 7.19. The molecule has 1 N–H and O–H groups in total. The molecule has 1 aromatic heterocycles. The summed E-state index contributed by atoms with van der Waals surface area (Å²) in [6.07, 6.45) is 5.42. The molecule has 0 atom stereocenters. The monoisotopic (exact) mass is 377 g/mol. The second kappa shape index (κ2) is 8.71. The summed E-state index contributed by atoms with van der Waals surface area (Å²) in [6, 6.07) is 18.2. The summed E-state index contributed by atoms with van der Waals surface area (Å²) in [4.78, 5) is 12.2. The molecule has 3 aromatic rings. The van der Waals surface area contributed by atoms with E-state index in [1.54, 1.807) is 6.20 Å². The number of nitrogens with one attached hydrogen (secondary N) is 1. The standard InChI is InChI=1S/C22H23N3O3/c26-22(24-19-14-23-25(15-19)20-10-12-27-13-11-20)16-28-21-8-6-18(7-9-21)17-4-2-1-3-5-17/h1-9,14-15,20H,10-13,16H2,(H,24,26). The van der Waals surface area contributed by atoms with Crippen molar-refractivity contribution in [1.82, 2.24) is 9.78 Å². The normalized spacial score (nSPS) is 14.6. The van der Waals surface area contributed by atoms with E-state index in [2.05, 4.69) is 22.5 Å². The van der Waals surface area contributed by atoms with Gasteiger partial charge in [-0.3, -0.25) is 9.48 Å². The van der Waals surface area contributed by atoms with Crippen molar-refractivity contribution in [2.75, 3.05) is 25.1 Å². The smallest absolute Gasteiger partial charge is 0.262 e. The highest BCUT2D eigenvalue weighted by Gasteiger charge is 2.17. The van der Waals surface area contributed by atoms with E-state index in [0.717, 1.165) is 37.2 Å². The van der Waals surface area contributed by atoms with Crippen LogP contribution in [0.5, 0.6) is 5.75 Å². The van der Waals surface area contributed by atoms with Crippen LogP contribution >= 0.6 is 0 Å². The molecule has 0 unspecified atom stereocenters. The number of hydrogen-bond donors (Lipinski definition) is 1. The Morgan fingerprint density at radius 3 is 2.54 bits per heavy atom. The molecule has 0 bridgehead atoms. The number of anilines is 1. The minimum atomic E-state index is -0.210. The summed E-state index contributed by atoms with van der Waals surface area (Å²) >= 11 is 0. The number of amides is 1. The van der Waals surface area contributed by atoms with E-state index in [-0.39, 0.29) is 12.5 Å². The number of aromatic nitrogens is 2. The number of ether oxygens (including phenoxy) is 2. The van der Waals surface area contributed by atoms with Gasteiger partial charge in [0.1, 0.15) is 5.75 Å². The number of benzene rings is 2. The predicted octanol–water partition coefficient (Wildman–Crippen LogP) is 3.92. The Balaban J connectivity index is 1.28. The third kappa shape index (κ3) is 4.58. The number of carbonyl (C=O) groups excluding carboxylic acids is 1. The minimum Gasteiger partial charge on any atom is -0.484 e. The van der Waals surface area contributed by atoms with Crippen LogP contribution in [0.3, 0.4) is 0 Å². The SMILES string of the molecule is O=C(COc1ccc(-c2ccccc2)cc1)Nc1cnn(C2CCOCC2)c1. The third-order valence-corrected chi connectivity index (χ3v) is 4.78. The molecule has 144 valence electrons. The van der Waals surface area contributed by atoms with Crippen molar-refractivity contribution in [3.8, 4) is 16.9 Å². The van der Waals surface area contributed by atoms with Crippen molar-refractivity contribution >= 4 is 11.6 Å². The van der Waals surface area contributed by atoms with Gasteiger partial charge in [-0.2, -0.15) is 5.10 Å². The largest absolute Gasteiger partial charge is 0.484 e. The Morgan fingerprint density at radius 1 is 1.07 bits per heavy atom. The predicted molar refractivity (Wildman–Crippen MR) is 107 cm³/mol. The van der Waals surface area contributed by atoms with Crippen molar-refractivity contribution in [3.05, 3.63) is 67.0 Å². The zero-order valence-corrected chi connectivity index (χ0v) is 15.6. The van der Waals surface area contributed by atoms with Crippen LogP contribution in [-0.4, -0.2) is 35.5 Å². The van der Waals surface area contributed by atoms with E-state index < -0.39 is 0 Å². The van der Waals surface area contributed by atoms with Crippen LogP contribution in [0.15, 0.2) is 67.0 Å². The van der Waals surface area contributed by atoms with E-state index in [9.17, 15) is 4.79 Å². The lowest BCUT2D eigenvalue weighted by molar-refractivity contribution is -0.118. The van der Waals surface area contributed by atoms with Crippen LogP contribution in [0.4, 0.5) is 5.69 Å². The van der Waals surface area contributed by atoms with Gasteiger partial charge in [0.15, 0.2) is 6.61 Å². The Kier molecular flexibility index (Phi) is 5.68. The molecule has 1 aliphatic rings. The van der Waals surface area contributed by atoms with Gasteiger partial charge in [0.05, 0.1) is 17.9 Å². The molecule has 0 saturated carbocycles. The van der Waals surface area contributed by atoms with E-state index in [0.29, 0.717) is 17.5 Å². The Bertz CT molecular complexity index is 900. The lowest BCUT2D eigenvalue weighted by Crippen LogP contribution is -2.21. The molecule has 0 radical (unpaired) electrons. The molecule has 4 rings (SSSR count). The van der Waals surface area contributed by atoms with Crippen molar-refractivity contribution < 1.29 is 14.3 Å². The quantitative estimate of drug-likeness (QED) is 0.707. The molecule has 1 aliphatic heterocycles. The highest BCUT2D eigenvalue weighted by atomic mass is 16.5. The lowest BCUT2D eigenvalue weighted by atomic mass is 10.1. The van der Waals surface area contributed by atoms with Gasteiger partial charge in [-0.05, 0) is 36.1 Å². The molecule has 0 spiro atoms. The average molecular weight is 377 g/mol. The van der Waals surface area contributed by atoms with Crippen molar-refractivity contribution in [2.24, 2.45) is 0 Å². The molecule has 2 aromatic carbocycles. The second-order valence-electron chi connectivity index (χ2n) is 6.78. The molecular weight excluding hydrogens is 354 g/mol. The van der Waals surface area contributed by atoms with Crippen LogP contribution in [0.25, 0.3) is 11.1 Å². The molecule has 6 nitrogen and oxygen atoms in total. The van der Waals surface area contributed by atoms with E-state index >= 15 is 0 Å². The first-order chi connectivity index (χ1) is 13.8. The second-order valence-corrected chi connectivity index (χ2v) is 6.78. The summed E-state index contributed by atoms with van der Waals surface area (Å²) < 4.78 is 12.9. The Labute approximate surface area is 164 Å². The highest BCUT2D eigenvalue weighted by Crippen LogP contribution is 2.23. The summed E-state index contributed by atoms with van der Waals surface area (Å²) in [6.45, 7) is 1.46. The molecular formula is C22H23N3O3. The van der Waals surface area contributed by atoms with Gasteiger partial charge in [0, 0.05) is 19.4 Å². The van der Waals surface area contributed by atoms with Crippen LogP contribution in [0.1, 0.15) is 18.9 Å². The molecule has 6 heteroatoms. The van der Waals surface area contributed by atoms with Gasteiger partial charge >= 0.3 is 0 Å². The van der Waals surface area contributed by atoms with Crippen molar-refractivity contribution in [3.63, 3.8) is 0 Å². The fraction of sp³-hybridized carbons (Fsp3) is 0.273. The lowest BCUT2D eigenvalue weighted by Gasteiger charge is -2.22. The molecule has 0 aliphatic carbocycles. The topological polar surface area (TPSA) is 65.4 Å². The molecule has 28 heavy (non-hydrogen) atoms. The zero-order chi connectivity index (χ0) is 19.2. The summed E-state index contributed by atoms with van der Waals surface area (Å²) in [7, 11) is 0. The first-order valence-corrected chi connectivity index (χ1v) is 9.48. The molecule has 1 fully saturated rings. The van der Waals surface area contributed by atoms with Crippen LogP contribution in [0.2, 0.25) is 0 Å². The first kappa shape index (κ1) is 18.3. The van der Waals surface area contributed by atoms with Crippen LogP contribution in [-0.2, 0) is 9.53 Å². The summed E-state index contributed by atoms with van der Waals surface area (Å²) in [5.41, 5.74) is 2.94. The van der Waals surface area contributed by atoms with Gasteiger partial charge < -0.3 is 14.8 Å². The van der Waals surface area contributed by atoms with E-state index in [4.69, 9.17) is 9.47 Å². The van der Waals surface area contributed by atoms with Gasteiger partial charge in [0.25, 0.3) is 5.91 Å². The minimum absolute atomic E-state index is 0.0485. The maximum absolute atomic E-state index is 12.2. The summed E-state index contributed by atoms with van der Waals surface area (Å²) in [5.74, 6) is 0.450. The van der Waals surface area contributed by atoms with Crippen molar-refractivity contribution in [1.29, 1.82) is 0 Å². The molecule has 2 heterocycles. The highest BCUT2D eigenvalue weighted by molar-refractivity contribution is 5.91. The van der Waals surface area contributed by atoms with Crippen LogP contribution in [0, 0.1) is 0 Å². The van der Waals surface area contributed by atoms with Gasteiger partial charge in [-0.25, -0.2) is 0 Å². The third-order valence-electron chi connectivity index (χ3n) is 4.78. The van der Waals surface area contributed by atoms with Gasteiger partial charge in [0.2, 0.25) is 0 Å². The number of rotatable bonds is 6. The fourth-order valence-corrected chi connectivity index (χ4v) is 3.27. The van der Waals surface area contributed by atoms with Gasteiger partial charge in [-0.15, -0.1) is 0 Å². The number of hydrogen-bond acceptors (Lipinski definition) is 4. The Morgan fingerprint density at radius 2 is 1.79 bits per heavy atom. The number of carbonyl (C=O) groups is 1. The molecule has 1 saturated heterocycles. The van der Waals surface area contributed by atoms with Crippen molar-refractivity contribution in [2.45, 2.75) is 18.9 Å². The maximum atomic E-state index is 12.2. The first-order valence-electron chi connectivity index (χ1n) is 9.48. The van der Waals surface area contributed by atoms with E-state index in [1.165, 1.54) is 0 Å². The fourth-order valence-electron chi connectivity index (χ4n) is 3.27. The van der Waals surface area contributed by atoms with Crippen LogP contribution < -0.4 is 10.1 Å². The number of nitrogens with zero attached hydrogens (tertiary/aromatic N) is 2.